The minimum absolute atomic E-state index is 0. The fraction of sp³-hybridized carbons (Fsp3) is 0.500. The van der Waals surface area contributed by atoms with Crippen LogP contribution < -0.4 is 24.0 Å². The number of alkyl halides is 3. The molecule has 0 fully saturated rings. The molecule has 0 bridgehead atoms. The van der Waals surface area contributed by atoms with Crippen LogP contribution in [0, 0.1) is 6.92 Å². The maximum Gasteiger partial charge on any atom is 2.00 e. The Bertz CT molecular complexity index is 28.4. The van der Waals surface area contributed by atoms with Gasteiger partial charge in [-0.2, -0.15) is 0 Å². The van der Waals surface area contributed by atoms with Gasteiger partial charge in [-0.25, -0.2) is 20.1 Å². The number of hydrogen-bond acceptors (Lipinski definition) is 0. The summed E-state index contributed by atoms with van der Waals surface area (Å²) in [5, 5.41) is 0. The van der Waals surface area contributed by atoms with Crippen LogP contribution in [0.3, 0.4) is 0 Å². The fourth-order valence-electron chi connectivity index (χ4n) is 0. The van der Waals surface area contributed by atoms with E-state index in [2.05, 4.69) is 0 Å². The molecule has 0 aliphatic rings. The Morgan fingerprint density at radius 1 is 1.14 bits per heavy atom. The Kier molecular flexibility index (Phi) is 12.2. The van der Waals surface area contributed by atoms with Gasteiger partial charge in [0.2, 0.25) is 0 Å². The molecule has 0 heterocycles. The van der Waals surface area contributed by atoms with E-state index in [0.717, 1.165) is 0 Å². The van der Waals surface area contributed by atoms with E-state index >= 15 is 0 Å². The van der Waals surface area contributed by atoms with Crippen molar-refractivity contribution in [2.24, 2.45) is 0 Å². The van der Waals surface area contributed by atoms with Gasteiger partial charge in [0.15, 0.2) is 0 Å². The molecule has 0 aromatic heterocycles. The monoisotopic (exact) mass is 234 g/mol. The summed E-state index contributed by atoms with van der Waals surface area (Å²) in [6, 6.07) is 0. The molecular weight excluding hydrogens is 232 g/mol. The van der Waals surface area contributed by atoms with E-state index in [0.29, 0.717) is 0 Å². The second-order valence-corrected chi connectivity index (χ2v) is 0.615. The summed E-state index contributed by atoms with van der Waals surface area (Å²) < 4.78 is 30.7. The summed E-state index contributed by atoms with van der Waals surface area (Å²) in [5.74, 6) is 0. The molecule has 0 radical (unpaired) electrons. The average molecular weight is 234 g/mol. The number of rotatable bonds is 0. The quantitative estimate of drug-likeness (QED) is 0.258. The maximum atomic E-state index is 10.2. The third-order valence-corrected chi connectivity index (χ3v) is 0. The number of halogens is 4. The molecular formula is C2H2F3IMg. The molecule has 0 N–H and O–H groups in total. The van der Waals surface area contributed by atoms with E-state index in [4.69, 9.17) is 0 Å². The van der Waals surface area contributed by atoms with Gasteiger partial charge in [0.1, 0.15) is 0 Å². The topological polar surface area (TPSA) is 0 Å². The van der Waals surface area contributed by atoms with Crippen molar-refractivity contribution in [1.29, 1.82) is 0 Å². The summed E-state index contributed by atoms with van der Waals surface area (Å²) in [7, 11) is 0. The van der Waals surface area contributed by atoms with Crippen molar-refractivity contribution >= 4 is 23.1 Å². The molecule has 0 aromatic rings. The van der Waals surface area contributed by atoms with Gasteiger partial charge in [-0.15, -0.1) is 0 Å². The third-order valence-electron chi connectivity index (χ3n) is 0. The van der Waals surface area contributed by atoms with E-state index in [1.807, 2.05) is 0 Å². The molecule has 7 heavy (non-hydrogen) atoms. The van der Waals surface area contributed by atoms with Crippen LogP contribution in [0.25, 0.3) is 0 Å². The normalized spacial score (nSPS) is 8.57. The molecule has 0 rings (SSSR count). The van der Waals surface area contributed by atoms with Gasteiger partial charge in [-0.05, 0) is 0 Å². The van der Waals surface area contributed by atoms with Crippen molar-refractivity contribution in [2.45, 2.75) is 6.18 Å². The van der Waals surface area contributed by atoms with Crippen LogP contribution in [0.1, 0.15) is 0 Å². The summed E-state index contributed by atoms with van der Waals surface area (Å²) >= 11 is 0. The standard InChI is InChI=1S/C2H2F3.HI.Mg/c1-2(3,4)5;;/h1H2;1H;/q-1;;+2/p-1. The molecule has 0 atom stereocenters. The molecule has 0 saturated carbocycles. The average Bonchev–Trinajstić information content (AvgIpc) is 0.722. The van der Waals surface area contributed by atoms with E-state index in [1.54, 1.807) is 6.92 Å². The van der Waals surface area contributed by atoms with Crippen molar-refractivity contribution in [3.8, 4) is 0 Å². The smallest absolute Gasteiger partial charge is 1.00 e. The first-order valence-corrected chi connectivity index (χ1v) is 0.921. The largest absolute Gasteiger partial charge is 2.00 e. The zero-order valence-corrected chi connectivity index (χ0v) is 7.00. The molecule has 0 aliphatic heterocycles. The minimum atomic E-state index is -4.25. The van der Waals surface area contributed by atoms with Crippen molar-refractivity contribution in [3.05, 3.63) is 6.92 Å². The van der Waals surface area contributed by atoms with Crippen LogP contribution in [0.2, 0.25) is 0 Å². The first kappa shape index (κ1) is 15.7. The van der Waals surface area contributed by atoms with Crippen LogP contribution in [-0.4, -0.2) is 29.2 Å². The molecule has 5 heteroatoms. The Morgan fingerprint density at radius 3 is 1.14 bits per heavy atom. The Labute approximate surface area is 73.0 Å². The van der Waals surface area contributed by atoms with E-state index in [9.17, 15) is 13.2 Å². The van der Waals surface area contributed by atoms with Crippen molar-refractivity contribution in [3.63, 3.8) is 0 Å². The number of hydrogen-bond donors (Lipinski definition) is 0. The van der Waals surface area contributed by atoms with Crippen LogP contribution >= 0.6 is 0 Å². The first-order valence-electron chi connectivity index (χ1n) is 0.921. The fourth-order valence-corrected chi connectivity index (χ4v) is 0. The van der Waals surface area contributed by atoms with E-state index in [1.165, 1.54) is 0 Å². The first-order chi connectivity index (χ1) is 2.00. The predicted molar refractivity (Wildman–Crippen MR) is 17.2 cm³/mol. The molecule has 40 valence electrons. The third kappa shape index (κ3) is 123. The Morgan fingerprint density at radius 2 is 1.14 bits per heavy atom. The van der Waals surface area contributed by atoms with Crippen LogP contribution in [0.4, 0.5) is 13.2 Å². The van der Waals surface area contributed by atoms with Crippen LogP contribution in [0.15, 0.2) is 0 Å². The zero-order valence-electron chi connectivity index (χ0n) is 3.43. The van der Waals surface area contributed by atoms with Crippen LogP contribution in [-0.2, 0) is 0 Å². The van der Waals surface area contributed by atoms with E-state index < -0.39 is 6.18 Å². The van der Waals surface area contributed by atoms with Crippen molar-refractivity contribution in [1.82, 2.24) is 0 Å². The summed E-state index contributed by atoms with van der Waals surface area (Å²) in [6.45, 7) is 1.77. The van der Waals surface area contributed by atoms with Gasteiger partial charge in [0, 0.05) is 0 Å². The van der Waals surface area contributed by atoms with Crippen molar-refractivity contribution in [2.75, 3.05) is 0 Å². The second-order valence-electron chi connectivity index (χ2n) is 0.615. The van der Waals surface area contributed by atoms with Gasteiger partial charge < -0.3 is 24.0 Å². The minimum Gasteiger partial charge on any atom is -1.00 e. The molecule has 0 aromatic carbocycles. The molecule has 0 amide bonds. The SMILES string of the molecule is [CH2-]C(F)(F)F.[I-].[Mg+2]. The van der Waals surface area contributed by atoms with Gasteiger partial charge in [0.25, 0.3) is 6.18 Å². The Balaban J connectivity index is -0.0000000800. The van der Waals surface area contributed by atoms with Gasteiger partial charge in [-0.3, -0.25) is 0 Å². The molecule has 0 nitrogen and oxygen atoms in total. The summed E-state index contributed by atoms with van der Waals surface area (Å²) in [4.78, 5) is 0. The maximum absolute atomic E-state index is 10.2. The van der Waals surface area contributed by atoms with Crippen LogP contribution in [0.5, 0.6) is 0 Å². The molecule has 0 aliphatic carbocycles. The van der Waals surface area contributed by atoms with Gasteiger partial charge in [0.05, 0.1) is 0 Å². The predicted octanol–water partition coefficient (Wildman–Crippen LogP) is -1.99. The second kappa shape index (κ2) is 5.42. The van der Waals surface area contributed by atoms with E-state index in [-0.39, 0.29) is 47.0 Å². The van der Waals surface area contributed by atoms with Gasteiger partial charge in [-0.1, -0.05) is 0 Å². The summed E-state index contributed by atoms with van der Waals surface area (Å²) in [5.41, 5.74) is 0. The Hall–Kier alpha value is 1.29. The molecule has 0 spiro atoms. The zero-order chi connectivity index (χ0) is 4.50. The summed E-state index contributed by atoms with van der Waals surface area (Å²) in [6.07, 6.45) is -4.25. The van der Waals surface area contributed by atoms with Gasteiger partial charge >= 0.3 is 23.1 Å². The molecule has 0 saturated heterocycles. The molecule has 0 unspecified atom stereocenters. The van der Waals surface area contributed by atoms with Crippen molar-refractivity contribution < 1.29 is 37.1 Å².